The lowest BCUT2D eigenvalue weighted by molar-refractivity contribution is 0.0949. The van der Waals surface area contributed by atoms with E-state index in [1.54, 1.807) is 24.3 Å². The molecule has 0 radical (unpaired) electrons. The third-order valence-corrected chi connectivity index (χ3v) is 3.76. The fraction of sp³-hybridized carbons (Fsp3) is 0.143. The maximum absolute atomic E-state index is 13.1. The van der Waals surface area contributed by atoms with Crippen molar-refractivity contribution in [3.8, 4) is 17.0 Å². The molecule has 0 aliphatic rings. The van der Waals surface area contributed by atoms with E-state index in [1.807, 2.05) is 13.8 Å². The van der Waals surface area contributed by atoms with Crippen LogP contribution in [0.4, 0.5) is 4.39 Å². The molecular formula is C21H19FN4O3. The van der Waals surface area contributed by atoms with Crippen LogP contribution in [0.5, 0.6) is 5.75 Å². The molecule has 3 aromatic rings. The lowest BCUT2D eigenvalue weighted by Crippen LogP contribution is -2.24. The summed E-state index contributed by atoms with van der Waals surface area (Å²) < 4.78 is 18.6. The Hall–Kier alpha value is -3.81. The summed E-state index contributed by atoms with van der Waals surface area (Å²) >= 11 is 0. The summed E-state index contributed by atoms with van der Waals surface area (Å²) in [4.78, 5) is 30.3. The average molecular weight is 394 g/mol. The molecule has 0 spiro atoms. The summed E-state index contributed by atoms with van der Waals surface area (Å²) in [5.74, 6) is -0.276. The van der Waals surface area contributed by atoms with Gasteiger partial charge in [-0.1, -0.05) is 0 Å². The minimum atomic E-state index is -0.693. The van der Waals surface area contributed by atoms with Gasteiger partial charge in [-0.15, -0.1) is 0 Å². The van der Waals surface area contributed by atoms with Gasteiger partial charge < -0.3 is 9.72 Å². The largest absolute Gasteiger partial charge is 0.491 e. The minimum Gasteiger partial charge on any atom is -0.491 e. The number of rotatable bonds is 6. The lowest BCUT2D eigenvalue weighted by Gasteiger charge is -2.09. The first-order valence-corrected chi connectivity index (χ1v) is 8.88. The first-order chi connectivity index (χ1) is 13.9. The van der Waals surface area contributed by atoms with Gasteiger partial charge in [-0.25, -0.2) is 14.6 Å². The van der Waals surface area contributed by atoms with Crippen LogP contribution in [0.15, 0.2) is 64.5 Å². The summed E-state index contributed by atoms with van der Waals surface area (Å²) in [7, 11) is 0. The number of aromatic amines is 1. The number of hydrogen-bond donors (Lipinski definition) is 2. The second-order valence-electron chi connectivity index (χ2n) is 6.43. The third kappa shape index (κ3) is 5.58. The highest BCUT2D eigenvalue weighted by atomic mass is 19.1. The second-order valence-corrected chi connectivity index (χ2v) is 6.43. The Morgan fingerprint density at radius 1 is 1.17 bits per heavy atom. The van der Waals surface area contributed by atoms with Gasteiger partial charge in [0.25, 0.3) is 5.91 Å². The summed E-state index contributed by atoms with van der Waals surface area (Å²) in [6, 6.07) is 14.1. The smallest absolute Gasteiger partial charge is 0.346 e. The van der Waals surface area contributed by atoms with Crippen molar-refractivity contribution < 1.29 is 13.9 Å². The minimum absolute atomic E-state index is 0.0119. The topological polar surface area (TPSA) is 96.4 Å². The Morgan fingerprint density at radius 3 is 2.52 bits per heavy atom. The summed E-state index contributed by atoms with van der Waals surface area (Å²) in [6.45, 7) is 3.88. The van der Waals surface area contributed by atoms with Crippen LogP contribution in [0.2, 0.25) is 0 Å². The maximum Gasteiger partial charge on any atom is 0.346 e. The number of nitrogens with one attached hydrogen (secondary N) is 2. The molecule has 0 fully saturated rings. The van der Waals surface area contributed by atoms with Gasteiger partial charge in [0.1, 0.15) is 17.3 Å². The van der Waals surface area contributed by atoms with Crippen molar-refractivity contribution in [3.05, 3.63) is 82.2 Å². The SMILES string of the molecule is CC(C)Oc1ccc(/C=N/NC(=O)c2cc(-c3ccc(F)cc3)nc(=O)[nH]2)cc1. The van der Waals surface area contributed by atoms with Crippen LogP contribution in [0.3, 0.4) is 0 Å². The van der Waals surface area contributed by atoms with Crippen molar-refractivity contribution in [2.75, 3.05) is 0 Å². The monoisotopic (exact) mass is 394 g/mol. The van der Waals surface area contributed by atoms with Gasteiger partial charge in [-0.2, -0.15) is 10.1 Å². The fourth-order valence-electron chi connectivity index (χ4n) is 2.48. The number of nitrogens with zero attached hydrogens (tertiary/aromatic N) is 2. The molecule has 0 unspecified atom stereocenters. The van der Waals surface area contributed by atoms with E-state index in [4.69, 9.17) is 4.74 Å². The molecule has 0 aliphatic carbocycles. The van der Waals surface area contributed by atoms with Crippen molar-refractivity contribution in [2.24, 2.45) is 5.10 Å². The van der Waals surface area contributed by atoms with E-state index in [0.29, 0.717) is 5.56 Å². The maximum atomic E-state index is 13.1. The highest BCUT2D eigenvalue weighted by molar-refractivity contribution is 5.93. The number of benzene rings is 2. The van der Waals surface area contributed by atoms with Crippen LogP contribution in [0, 0.1) is 5.82 Å². The number of carbonyl (C=O) groups is 1. The first kappa shape index (κ1) is 19.9. The molecule has 0 saturated heterocycles. The van der Waals surface area contributed by atoms with Crippen molar-refractivity contribution in [2.45, 2.75) is 20.0 Å². The molecule has 0 bridgehead atoms. The van der Waals surface area contributed by atoms with E-state index in [2.05, 4.69) is 20.5 Å². The van der Waals surface area contributed by atoms with Crippen LogP contribution in [-0.4, -0.2) is 28.2 Å². The zero-order chi connectivity index (χ0) is 20.8. The lowest BCUT2D eigenvalue weighted by atomic mass is 10.1. The number of hydrogen-bond acceptors (Lipinski definition) is 5. The van der Waals surface area contributed by atoms with E-state index in [1.165, 1.54) is 36.5 Å². The number of carbonyl (C=O) groups excluding carboxylic acids is 1. The van der Waals surface area contributed by atoms with Gasteiger partial charge in [-0.3, -0.25) is 4.79 Å². The Kier molecular flexibility index (Phi) is 6.13. The molecule has 1 amide bonds. The number of ether oxygens (including phenoxy) is 1. The molecule has 2 aromatic carbocycles. The molecule has 8 heteroatoms. The molecule has 148 valence electrons. The molecular weight excluding hydrogens is 375 g/mol. The molecule has 1 heterocycles. The number of hydrazone groups is 1. The quantitative estimate of drug-likeness (QED) is 0.496. The van der Waals surface area contributed by atoms with Crippen LogP contribution >= 0.6 is 0 Å². The molecule has 7 nitrogen and oxygen atoms in total. The molecule has 2 N–H and O–H groups in total. The normalized spacial score (nSPS) is 11.0. The summed E-state index contributed by atoms with van der Waals surface area (Å²) in [5.41, 5.74) is 3.17. The fourth-order valence-corrected chi connectivity index (χ4v) is 2.48. The first-order valence-electron chi connectivity index (χ1n) is 8.88. The van der Waals surface area contributed by atoms with Gasteiger partial charge >= 0.3 is 5.69 Å². The van der Waals surface area contributed by atoms with E-state index >= 15 is 0 Å². The van der Waals surface area contributed by atoms with Crippen LogP contribution in [0.1, 0.15) is 29.9 Å². The highest BCUT2D eigenvalue weighted by Gasteiger charge is 2.10. The Labute approximate surface area is 166 Å². The number of H-pyrrole nitrogens is 1. The molecule has 0 atom stereocenters. The van der Waals surface area contributed by atoms with Crippen molar-refractivity contribution in [3.63, 3.8) is 0 Å². The van der Waals surface area contributed by atoms with E-state index in [-0.39, 0.29) is 17.5 Å². The molecule has 29 heavy (non-hydrogen) atoms. The zero-order valence-electron chi connectivity index (χ0n) is 15.8. The van der Waals surface area contributed by atoms with Crippen LogP contribution in [0.25, 0.3) is 11.3 Å². The predicted octanol–water partition coefficient (Wildman–Crippen LogP) is 3.13. The molecule has 3 rings (SSSR count). The Balaban J connectivity index is 1.70. The van der Waals surface area contributed by atoms with Gasteiger partial charge in [0.2, 0.25) is 0 Å². The van der Waals surface area contributed by atoms with Gasteiger partial charge in [0, 0.05) is 5.56 Å². The van der Waals surface area contributed by atoms with Crippen LogP contribution in [-0.2, 0) is 0 Å². The van der Waals surface area contributed by atoms with E-state index < -0.39 is 17.4 Å². The van der Waals surface area contributed by atoms with Crippen LogP contribution < -0.4 is 15.9 Å². The van der Waals surface area contributed by atoms with Crippen molar-refractivity contribution >= 4 is 12.1 Å². The van der Waals surface area contributed by atoms with E-state index in [0.717, 1.165) is 11.3 Å². The van der Waals surface area contributed by atoms with E-state index in [9.17, 15) is 14.0 Å². The molecule has 0 aliphatic heterocycles. The summed E-state index contributed by atoms with van der Waals surface area (Å²) in [6.07, 6.45) is 1.55. The average Bonchev–Trinajstić information content (AvgIpc) is 2.69. The molecule has 0 saturated carbocycles. The van der Waals surface area contributed by atoms with Gasteiger partial charge in [-0.05, 0) is 74.0 Å². The highest BCUT2D eigenvalue weighted by Crippen LogP contribution is 2.16. The summed E-state index contributed by atoms with van der Waals surface area (Å²) in [5, 5.41) is 3.89. The Bertz CT molecular complexity index is 1070. The number of amides is 1. The van der Waals surface area contributed by atoms with Crippen molar-refractivity contribution in [1.82, 2.24) is 15.4 Å². The Morgan fingerprint density at radius 2 is 1.86 bits per heavy atom. The number of aromatic nitrogens is 2. The number of halogens is 1. The standard InChI is InChI=1S/C21H19FN4O3/c1-13(2)29-17-9-3-14(4-10-17)12-23-26-20(27)19-11-18(24-21(28)25-19)15-5-7-16(22)8-6-15/h3-13H,1-2H3,(H,26,27)(H,24,25,28)/b23-12+. The predicted molar refractivity (Wildman–Crippen MR) is 108 cm³/mol. The van der Waals surface area contributed by atoms with Crippen molar-refractivity contribution in [1.29, 1.82) is 0 Å². The zero-order valence-corrected chi connectivity index (χ0v) is 15.8. The van der Waals surface area contributed by atoms with Gasteiger partial charge in [0.15, 0.2) is 0 Å². The second kappa shape index (κ2) is 8.92. The molecule has 1 aromatic heterocycles. The third-order valence-electron chi connectivity index (χ3n) is 3.76. The van der Waals surface area contributed by atoms with Gasteiger partial charge in [0.05, 0.1) is 18.0 Å².